The van der Waals surface area contributed by atoms with Crippen LogP contribution in [-0.2, 0) is 11.2 Å². The summed E-state index contributed by atoms with van der Waals surface area (Å²) >= 11 is 3.44. The van der Waals surface area contributed by atoms with E-state index < -0.39 is 0 Å². The fourth-order valence-corrected chi connectivity index (χ4v) is 2.39. The Bertz CT molecular complexity index is 811. The Kier molecular flexibility index (Phi) is 3.75. The number of fused-ring (bicyclic) bond motifs is 1. The van der Waals surface area contributed by atoms with E-state index in [4.69, 9.17) is 4.52 Å². The molecule has 3 aromatic rings. The standard InChI is InChI=1S/C16H13BrN2O2/c1-10-8-11(6-7-13(10)17)18-16(20)9-14-12-4-2-3-5-15(12)21-19-14/h2-8H,9H2,1H3,(H,18,20). The maximum atomic E-state index is 12.1. The topological polar surface area (TPSA) is 55.1 Å². The number of aryl methyl sites for hydroxylation is 1. The molecule has 5 heteroatoms. The Morgan fingerprint density at radius 2 is 2.10 bits per heavy atom. The fraction of sp³-hybridized carbons (Fsp3) is 0.125. The minimum Gasteiger partial charge on any atom is -0.356 e. The first-order chi connectivity index (χ1) is 10.1. The number of para-hydroxylation sites is 1. The smallest absolute Gasteiger partial charge is 0.230 e. The van der Waals surface area contributed by atoms with Crippen molar-refractivity contribution in [2.75, 3.05) is 5.32 Å². The van der Waals surface area contributed by atoms with Crippen molar-refractivity contribution in [3.63, 3.8) is 0 Å². The lowest BCUT2D eigenvalue weighted by Gasteiger charge is -2.06. The number of aromatic nitrogens is 1. The molecule has 0 atom stereocenters. The van der Waals surface area contributed by atoms with Crippen LogP contribution in [-0.4, -0.2) is 11.1 Å². The van der Waals surface area contributed by atoms with Gasteiger partial charge < -0.3 is 9.84 Å². The van der Waals surface area contributed by atoms with Gasteiger partial charge in [-0.1, -0.05) is 33.2 Å². The van der Waals surface area contributed by atoms with Gasteiger partial charge in [-0.2, -0.15) is 0 Å². The van der Waals surface area contributed by atoms with Crippen molar-refractivity contribution >= 4 is 38.5 Å². The van der Waals surface area contributed by atoms with Gasteiger partial charge in [-0.05, 0) is 42.8 Å². The third-order valence-corrected chi connectivity index (χ3v) is 4.11. The summed E-state index contributed by atoms with van der Waals surface area (Å²) in [5.74, 6) is -0.115. The van der Waals surface area contributed by atoms with Gasteiger partial charge in [0.2, 0.25) is 5.91 Å². The quantitative estimate of drug-likeness (QED) is 0.778. The number of anilines is 1. The van der Waals surface area contributed by atoms with E-state index in [1.165, 1.54) is 0 Å². The summed E-state index contributed by atoms with van der Waals surface area (Å²) in [5.41, 5.74) is 3.19. The number of carbonyl (C=O) groups is 1. The summed E-state index contributed by atoms with van der Waals surface area (Å²) in [5, 5.41) is 7.71. The highest BCUT2D eigenvalue weighted by atomic mass is 79.9. The molecular formula is C16H13BrN2O2. The normalized spacial score (nSPS) is 10.8. The van der Waals surface area contributed by atoms with Crippen LogP contribution in [0.5, 0.6) is 0 Å². The number of amides is 1. The molecule has 106 valence electrons. The molecule has 0 unspecified atom stereocenters. The predicted molar refractivity (Wildman–Crippen MR) is 85.2 cm³/mol. The first-order valence-corrected chi connectivity index (χ1v) is 7.32. The van der Waals surface area contributed by atoms with Crippen molar-refractivity contribution in [2.45, 2.75) is 13.3 Å². The largest absolute Gasteiger partial charge is 0.356 e. The Morgan fingerprint density at radius 1 is 1.29 bits per heavy atom. The number of halogens is 1. The Balaban J connectivity index is 1.75. The van der Waals surface area contributed by atoms with Crippen LogP contribution in [0.2, 0.25) is 0 Å². The van der Waals surface area contributed by atoms with E-state index in [0.717, 1.165) is 21.1 Å². The van der Waals surface area contributed by atoms with Crippen LogP contribution in [0.15, 0.2) is 51.5 Å². The minimum atomic E-state index is -0.115. The molecule has 0 fully saturated rings. The van der Waals surface area contributed by atoms with Crippen LogP contribution in [0.3, 0.4) is 0 Å². The second-order valence-corrected chi connectivity index (χ2v) is 5.67. The van der Waals surface area contributed by atoms with E-state index in [0.29, 0.717) is 11.3 Å². The van der Waals surface area contributed by atoms with Gasteiger partial charge in [0, 0.05) is 15.5 Å². The number of hydrogen-bond donors (Lipinski definition) is 1. The van der Waals surface area contributed by atoms with E-state index >= 15 is 0 Å². The molecule has 1 amide bonds. The third-order valence-electron chi connectivity index (χ3n) is 3.22. The van der Waals surface area contributed by atoms with Crippen LogP contribution in [0, 0.1) is 6.92 Å². The van der Waals surface area contributed by atoms with Crippen LogP contribution < -0.4 is 5.32 Å². The zero-order valence-electron chi connectivity index (χ0n) is 11.4. The zero-order valence-corrected chi connectivity index (χ0v) is 13.0. The maximum absolute atomic E-state index is 12.1. The highest BCUT2D eigenvalue weighted by molar-refractivity contribution is 9.10. The molecule has 2 aromatic carbocycles. The number of benzene rings is 2. The minimum absolute atomic E-state index is 0.115. The molecule has 0 aliphatic heterocycles. The molecule has 0 radical (unpaired) electrons. The summed E-state index contributed by atoms with van der Waals surface area (Å²) in [6.45, 7) is 1.98. The van der Waals surface area contributed by atoms with Gasteiger partial charge in [0.1, 0.15) is 5.69 Å². The van der Waals surface area contributed by atoms with Gasteiger partial charge in [-0.25, -0.2) is 0 Å². The molecule has 0 saturated carbocycles. The Labute approximate surface area is 130 Å². The molecule has 0 aliphatic carbocycles. The molecule has 1 aromatic heterocycles. The number of hydrogen-bond acceptors (Lipinski definition) is 3. The van der Waals surface area contributed by atoms with Gasteiger partial charge in [0.05, 0.1) is 6.42 Å². The SMILES string of the molecule is Cc1cc(NC(=O)Cc2noc3ccccc23)ccc1Br. The lowest BCUT2D eigenvalue weighted by atomic mass is 10.1. The van der Waals surface area contributed by atoms with E-state index in [2.05, 4.69) is 26.4 Å². The average Bonchev–Trinajstić information content (AvgIpc) is 2.86. The first-order valence-electron chi connectivity index (χ1n) is 6.53. The van der Waals surface area contributed by atoms with Crippen molar-refractivity contribution in [3.05, 3.63) is 58.2 Å². The molecule has 0 saturated heterocycles. The van der Waals surface area contributed by atoms with Crippen molar-refractivity contribution in [3.8, 4) is 0 Å². The molecule has 1 N–H and O–H groups in total. The van der Waals surface area contributed by atoms with E-state index in [1.807, 2.05) is 49.4 Å². The van der Waals surface area contributed by atoms with Gasteiger partial charge >= 0.3 is 0 Å². The van der Waals surface area contributed by atoms with Crippen molar-refractivity contribution in [1.82, 2.24) is 5.16 Å². The average molecular weight is 345 g/mol. The Morgan fingerprint density at radius 3 is 2.90 bits per heavy atom. The summed E-state index contributed by atoms with van der Waals surface area (Å²) in [4.78, 5) is 12.1. The lowest BCUT2D eigenvalue weighted by Crippen LogP contribution is -2.14. The van der Waals surface area contributed by atoms with Crippen molar-refractivity contribution in [1.29, 1.82) is 0 Å². The highest BCUT2D eigenvalue weighted by Gasteiger charge is 2.12. The maximum Gasteiger partial charge on any atom is 0.230 e. The molecule has 0 aliphatic rings. The number of nitrogens with one attached hydrogen (secondary N) is 1. The Hall–Kier alpha value is -2.14. The van der Waals surface area contributed by atoms with E-state index in [1.54, 1.807) is 0 Å². The van der Waals surface area contributed by atoms with Crippen LogP contribution >= 0.6 is 15.9 Å². The summed E-state index contributed by atoms with van der Waals surface area (Å²) in [6.07, 6.45) is 0.187. The molecule has 0 spiro atoms. The van der Waals surface area contributed by atoms with Gasteiger partial charge in [0.15, 0.2) is 5.58 Å². The number of carbonyl (C=O) groups excluding carboxylic acids is 1. The second kappa shape index (κ2) is 5.69. The van der Waals surface area contributed by atoms with Crippen LogP contribution in [0.4, 0.5) is 5.69 Å². The monoisotopic (exact) mass is 344 g/mol. The van der Waals surface area contributed by atoms with Gasteiger partial charge in [0.25, 0.3) is 0 Å². The summed E-state index contributed by atoms with van der Waals surface area (Å²) in [6, 6.07) is 13.2. The molecule has 21 heavy (non-hydrogen) atoms. The zero-order chi connectivity index (χ0) is 14.8. The van der Waals surface area contributed by atoms with Gasteiger partial charge in [-0.3, -0.25) is 4.79 Å². The summed E-state index contributed by atoms with van der Waals surface area (Å²) < 4.78 is 6.22. The fourth-order valence-electron chi connectivity index (χ4n) is 2.15. The number of nitrogens with zero attached hydrogens (tertiary/aromatic N) is 1. The number of rotatable bonds is 3. The van der Waals surface area contributed by atoms with Crippen molar-refractivity contribution in [2.24, 2.45) is 0 Å². The van der Waals surface area contributed by atoms with Crippen molar-refractivity contribution < 1.29 is 9.32 Å². The van der Waals surface area contributed by atoms with Crippen LogP contribution in [0.25, 0.3) is 11.0 Å². The van der Waals surface area contributed by atoms with E-state index in [-0.39, 0.29) is 12.3 Å². The molecule has 3 rings (SSSR count). The van der Waals surface area contributed by atoms with Crippen LogP contribution in [0.1, 0.15) is 11.3 Å². The molecular weight excluding hydrogens is 332 g/mol. The predicted octanol–water partition coefficient (Wildman–Crippen LogP) is 4.08. The first kappa shape index (κ1) is 13.8. The highest BCUT2D eigenvalue weighted by Crippen LogP contribution is 2.21. The molecule has 0 bridgehead atoms. The molecule has 1 heterocycles. The van der Waals surface area contributed by atoms with E-state index in [9.17, 15) is 4.79 Å². The second-order valence-electron chi connectivity index (χ2n) is 4.81. The summed E-state index contributed by atoms with van der Waals surface area (Å²) in [7, 11) is 0. The van der Waals surface area contributed by atoms with Gasteiger partial charge in [-0.15, -0.1) is 0 Å². The molecule has 4 nitrogen and oxygen atoms in total. The third kappa shape index (κ3) is 2.97. The lowest BCUT2D eigenvalue weighted by molar-refractivity contribution is -0.115.